The fourth-order valence-corrected chi connectivity index (χ4v) is 2.69. The summed E-state index contributed by atoms with van der Waals surface area (Å²) < 4.78 is 0. The largest absolute Gasteiger partial charge is 0.372 e. The Bertz CT molecular complexity index is 515. The first-order chi connectivity index (χ1) is 8.63. The SMILES string of the molecule is Cc1[nH]c2ccccc2c1N(C)CC(C)CCN. The number of benzene rings is 1. The summed E-state index contributed by atoms with van der Waals surface area (Å²) in [5, 5.41) is 1.30. The fraction of sp³-hybridized carbons (Fsp3) is 0.467. The molecule has 0 radical (unpaired) electrons. The number of H-pyrrole nitrogens is 1. The Labute approximate surface area is 109 Å². The summed E-state index contributed by atoms with van der Waals surface area (Å²) in [5.74, 6) is 0.619. The molecule has 0 saturated carbocycles. The van der Waals surface area contributed by atoms with Crippen LogP contribution >= 0.6 is 0 Å². The number of aromatic amines is 1. The first-order valence-corrected chi connectivity index (χ1v) is 6.62. The normalized spacial score (nSPS) is 12.9. The molecule has 0 aliphatic carbocycles. The monoisotopic (exact) mass is 245 g/mol. The van der Waals surface area contributed by atoms with Gasteiger partial charge in [-0.3, -0.25) is 0 Å². The second kappa shape index (κ2) is 5.44. The number of rotatable bonds is 5. The molecule has 1 atom stereocenters. The van der Waals surface area contributed by atoms with Gasteiger partial charge in [-0.15, -0.1) is 0 Å². The third kappa shape index (κ3) is 2.51. The molecule has 0 aliphatic rings. The number of aromatic nitrogens is 1. The zero-order valence-electron chi connectivity index (χ0n) is 11.5. The molecule has 1 aromatic carbocycles. The van der Waals surface area contributed by atoms with Gasteiger partial charge in [-0.25, -0.2) is 0 Å². The molecule has 0 spiro atoms. The molecule has 3 nitrogen and oxygen atoms in total. The first-order valence-electron chi connectivity index (χ1n) is 6.62. The zero-order valence-corrected chi connectivity index (χ0v) is 11.5. The van der Waals surface area contributed by atoms with Crippen molar-refractivity contribution in [1.29, 1.82) is 0 Å². The molecule has 0 aliphatic heterocycles. The van der Waals surface area contributed by atoms with Crippen LogP contribution in [0.2, 0.25) is 0 Å². The molecular formula is C15H23N3. The molecule has 98 valence electrons. The van der Waals surface area contributed by atoms with Crippen molar-refractivity contribution in [3.05, 3.63) is 30.0 Å². The summed E-state index contributed by atoms with van der Waals surface area (Å²) in [7, 11) is 2.16. The van der Waals surface area contributed by atoms with Gasteiger partial charge < -0.3 is 15.6 Å². The predicted octanol–water partition coefficient (Wildman–Crippen LogP) is 2.90. The number of nitrogens with two attached hydrogens (primary N) is 1. The van der Waals surface area contributed by atoms with Gasteiger partial charge in [0.15, 0.2) is 0 Å². The minimum atomic E-state index is 0.619. The van der Waals surface area contributed by atoms with Gasteiger partial charge in [0.1, 0.15) is 0 Å². The maximum absolute atomic E-state index is 5.62. The molecule has 2 aromatic rings. The molecule has 2 rings (SSSR count). The average molecular weight is 245 g/mol. The van der Waals surface area contributed by atoms with Crippen molar-refractivity contribution in [2.45, 2.75) is 20.3 Å². The molecule has 0 saturated heterocycles. The van der Waals surface area contributed by atoms with Crippen LogP contribution in [0.5, 0.6) is 0 Å². The van der Waals surface area contributed by atoms with Gasteiger partial charge in [-0.05, 0) is 31.9 Å². The molecule has 18 heavy (non-hydrogen) atoms. The Hall–Kier alpha value is -1.48. The molecular weight excluding hydrogens is 222 g/mol. The van der Waals surface area contributed by atoms with Gasteiger partial charge in [0.05, 0.1) is 5.69 Å². The average Bonchev–Trinajstić information content (AvgIpc) is 2.64. The smallest absolute Gasteiger partial charge is 0.0651 e. The third-order valence-electron chi connectivity index (χ3n) is 3.49. The van der Waals surface area contributed by atoms with E-state index in [1.165, 1.54) is 22.3 Å². The van der Waals surface area contributed by atoms with Gasteiger partial charge in [-0.1, -0.05) is 25.1 Å². The lowest BCUT2D eigenvalue weighted by Gasteiger charge is -2.23. The topological polar surface area (TPSA) is 45.0 Å². The van der Waals surface area contributed by atoms with Crippen LogP contribution in [0.4, 0.5) is 5.69 Å². The van der Waals surface area contributed by atoms with E-state index in [9.17, 15) is 0 Å². The first kappa shape index (κ1) is 13.0. The lowest BCUT2D eigenvalue weighted by molar-refractivity contribution is 0.540. The standard InChI is InChI=1S/C15H23N3/c1-11(8-9-16)10-18(3)15-12(2)17-14-7-5-4-6-13(14)15/h4-7,11,17H,8-10,16H2,1-3H3. The number of para-hydroxylation sites is 1. The summed E-state index contributed by atoms with van der Waals surface area (Å²) >= 11 is 0. The Kier molecular flexibility index (Phi) is 3.92. The highest BCUT2D eigenvalue weighted by Crippen LogP contribution is 2.30. The number of fused-ring (bicyclic) bond motifs is 1. The predicted molar refractivity (Wildman–Crippen MR) is 79.1 cm³/mol. The minimum Gasteiger partial charge on any atom is -0.372 e. The zero-order chi connectivity index (χ0) is 13.1. The Balaban J connectivity index is 2.27. The maximum atomic E-state index is 5.62. The van der Waals surface area contributed by atoms with Crippen LogP contribution in [0.25, 0.3) is 10.9 Å². The molecule has 3 heteroatoms. The highest BCUT2D eigenvalue weighted by molar-refractivity contribution is 5.94. The third-order valence-corrected chi connectivity index (χ3v) is 3.49. The molecule has 0 fully saturated rings. The Morgan fingerprint density at radius 2 is 2.06 bits per heavy atom. The van der Waals surface area contributed by atoms with E-state index in [0.717, 1.165) is 19.5 Å². The van der Waals surface area contributed by atoms with Crippen molar-refractivity contribution in [2.75, 3.05) is 25.0 Å². The van der Waals surface area contributed by atoms with Crippen molar-refractivity contribution in [1.82, 2.24) is 4.98 Å². The summed E-state index contributed by atoms with van der Waals surface area (Å²) in [4.78, 5) is 5.79. The molecule has 1 aromatic heterocycles. The number of anilines is 1. The molecule has 1 heterocycles. The van der Waals surface area contributed by atoms with Crippen LogP contribution in [0, 0.1) is 12.8 Å². The number of nitrogens with zero attached hydrogens (tertiary/aromatic N) is 1. The fourth-order valence-electron chi connectivity index (χ4n) is 2.69. The lowest BCUT2D eigenvalue weighted by Crippen LogP contribution is -2.25. The van der Waals surface area contributed by atoms with Gasteiger partial charge >= 0.3 is 0 Å². The van der Waals surface area contributed by atoms with Gasteiger partial charge in [0, 0.05) is 30.2 Å². The Morgan fingerprint density at radius 3 is 2.78 bits per heavy atom. The van der Waals surface area contributed by atoms with E-state index in [1.807, 2.05) is 0 Å². The second-order valence-corrected chi connectivity index (χ2v) is 5.21. The van der Waals surface area contributed by atoms with E-state index in [-0.39, 0.29) is 0 Å². The van der Waals surface area contributed by atoms with Gasteiger partial charge in [0.25, 0.3) is 0 Å². The summed E-state index contributed by atoms with van der Waals surface area (Å²) in [5.41, 5.74) is 9.38. The van der Waals surface area contributed by atoms with Gasteiger partial charge in [0.2, 0.25) is 0 Å². The molecule has 0 bridgehead atoms. The maximum Gasteiger partial charge on any atom is 0.0651 e. The highest BCUT2D eigenvalue weighted by atomic mass is 15.1. The van der Waals surface area contributed by atoms with Crippen molar-refractivity contribution >= 4 is 16.6 Å². The van der Waals surface area contributed by atoms with Crippen LogP contribution in [-0.2, 0) is 0 Å². The number of nitrogens with one attached hydrogen (secondary N) is 1. The lowest BCUT2D eigenvalue weighted by atomic mass is 10.1. The molecule has 0 amide bonds. The van der Waals surface area contributed by atoms with E-state index in [2.05, 4.69) is 55.0 Å². The van der Waals surface area contributed by atoms with Crippen LogP contribution in [0.15, 0.2) is 24.3 Å². The number of hydrogen-bond donors (Lipinski definition) is 2. The number of aryl methyl sites for hydroxylation is 1. The van der Waals surface area contributed by atoms with E-state index in [4.69, 9.17) is 5.73 Å². The van der Waals surface area contributed by atoms with Crippen molar-refractivity contribution in [2.24, 2.45) is 11.7 Å². The van der Waals surface area contributed by atoms with Crippen LogP contribution in [0.3, 0.4) is 0 Å². The van der Waals surface area contributed by atoms with E-state index >= 15 is 0 Å². The van der Waals surface area contributed by atoms with Crippen LogP contribution in [0.1, 0.15) is 19.0 Å². The van der Waals surface area contributed by atoms with E-state index in [0.29, 0.717) is 5.92 Å². The Morgan fingerprint density at radius 1 is 1.33 bits per heavy atom. The molecule has 3 N–H and O–H groups in total. The van der Waals surface area contributed by atoms with E-state index in [1.54, 1.807) is 0 Å². The summed E-state index contributed by atoms with van der Waals surface area (Å²) in [6.45, 7) is 6.20. The second-order valence-electron chi connectivity index (χ2n) is 5.21. The number of hydrogen-bond acceptors (Lipinski definition) is 2. The van der Waals surface area contributed by atoms with Crippen LogP contribution < -0.4 is 10.6 Å². The van der Waals surface area contributed by atoms with E-state index < -0.39 is 0 Å². The van der Waals surface area contributed by atoms with Crippen molar-refractivity contribution in [3.63, 3.8) is 0 Å². The molecule has 1 unspecified atom stereocenters. The van der Waals surface area contributed by atoms with Crippen molar-refractivity contribution < 1.29 is 0 Å². The summed E-state index contributed by atoms with van der Waals surface area (Å²) in [6, 6.07) is 8.47. The highest BCUT2D eigenvalue weighted by Gasteiger charge is 2.14. The minimum absolute atomic E-state index is 0.619. The quantitative estimate of drug-likeness (QED) is 0.850. The summed E-state index contributed by atoms with van der Waals surface area (Å²) in [6.07, 6.45) is 1.08. The van der Waals surface area contributed by atoms with Gasteiger partial charge in [-0.2, -0.15) is 0 Å². The van der Waals surface area contributed by atoms with Crippen molar-refractivity contribution in [3.8, 4) is 0 Å². The van der Waals surface area contributed by atoms with Crippen LogP contribution in [-0.4, -0.2) is 25.1 Å².